The van der Waals surface area contributed by atoms with E-state index in [0.29, 0.717) is 28.6 Å². The number of hydrogen-bond donors (Lipinski definition) is 2. The van der Waals surface area contributed by atoms with Crippen molar-refractivity contribution in [1.82, 2.24) is 35.7 Å². The van der Waals surface area contributed by atoms with Crippen LogP contribution in [0, 0.1) is 5.92 Å². The van der Waals surface area contributed by atoms with Crippen LogP contribution in [-0.4, -0.2) is 50.5 Å². The van der Waals surface area contributed by atoms with Gasteiger partial charge in [-0.05, 0) is 48.4 Å². The monoisotopic (exact) mass is 537 g/mol. The minimum Gasteiger partial charge on any atom is -0.496 e. The number of H-pyrrole nitrogens is 1. The number of fused-ring (bicyclic) bond motifs is 1. The quantitative estimate of drug-likeness (QED) is 0.277. The molecule has 2 heterocycles. The maximum Gasteiger partial charge on any atom is 0.272 e. The fourth-order valence-corrected chi connectivity index (χ4v) is 5.73. The molecule has 0 unspecified atom stereocenters. The van der Waals surface area contributed by atoms with Crippen molar-refractivity contribution in [1.29, 1.82) is 0 Å². The van der Waals surface area contributed by atoms with Gasteiger partial charge in [-0.1, -0.05) is 66.9 Å². The lowest BCUT2D eigenvalue weighted by Gasteiger charge is -2.28. The third kappa shape index (κ3) is 4.76. The van der Waals surface area contributed by atoms with E-state index in [1.165, 1.54) is 6.42 Å². The standard InChI is InChI=1S/C30H31N7O3/c1-39-25-16-9-17-26(40-2)27(25)24-18-22(34-37(24)23-15-8-13-19-10-6-7-14-21(19)23)30(38)31-28(29-32-35-36-33-29)20-11-4-3-5-12-20/h6-10,13-18,20,28H,3-5,11-12H2,1-2H3,(H,31,38)(H,32,33,35,36)/t28-/m0/s1. The summed E-state index contributed by atoms with van der Waals surface area (Å²) in [5.74, 6) is 1.62. The number of carbonyl (C=O) groups is 1. The molecule has 1 fully saturated rings. The van der Waals surface area contributed by atoms with Gasteiger partial charge in [0.25, 0.3) is 5.91 Å². The molecule has 1 amide bonds. The number of methoxy groups -OCH3 is 2. The Balaban J connectivity index is 1.48. The first-order chi connectivity index (χ1) is 19.7. The maximum atomic E-state index is 13.9. The Morgan fingerprint density at radius 1 is 0.975 bits per heavy atom. The number of tetrazole rings is 1. The predicted octanol–water partition coefficient (Wildman–Crippen LogP) is 5.27. The number of nitrogens with one attached hydrogen (secondary N) is 2. The van der Waals surface area contributed by atoms with Gasteiger partial charge in [-0.3, -0.25) is 4.79 Å². The van der Waals surface area contributed by atoms with Gasteiger partial charge in [0.1, 0.15) is 11.5 Å². The van der Waals surface area contributed by atoms with E-state index in [1.807, 2.05) is 48.5 Å². The second kappa shape index (κ2) is 11.2. The zero-order valence-corrected chi connectivity index (χ0v) is 22.5. The first kappa shape index (κ1) is 25.5. The van der Waals surface area contributed by atoms with E-state index in [-0.39, 0.29) is 23.6 Å². The van der Waals surface area contributed by atoms with E-state index >= 15 is 0 Å². The largest absolute Gasteiger partial charge is 0.496 e. The van der Waals surface area contributed by atoms with Crippen LogP contribution in [0.3, 0.4) is 0 Å². The molecular weight excluding hydrogens is 506 g/mol. The number of rotatable bonds is 8. The molecule has 1 aliphatic carbocycles. The summed E-state index contributed by atoms with van der Waals surface area (Å²) in [6, 6.07) is 21.2. The van der Waals surface area contributed by atoms with Crippen LogP contribution in [-0.2, 0) is 0 Å². The van der Waals surface area contributed by atoms with E-state index in [2.05, 4.69) is 38.1 Å². The number of ether oxygens (including phenoxy) is 2. The van der Waals surface area contributed by atoms with Crippen molar-refractivity contribution in [2.24, 2.45) is 5.92 Å². The summed E-state index contributed by atoms with van der Waals surface area (Å²) >= 11 is 0. The Morgan fingerprint density at radius 3 is 2.42 bits per heavy atom. The molecule has 0 spiro atoms. The molecule has 2 N–H and O–H groups in total. The maximum absolute atomic E-state index is 13.9. The minimum atomic E-state index is -0.362. The van der Waals surface area contributed by atoms with Crippen molar-refractivity contribution >= 4 is 16.7 Å². The first-order valence-corrected chi connectivity index (χ1v) is 13.5. The fourth-order valence-electron chi connectivity index (χ4n) is 5.73. The van der Waals surface area contributed by atoms with Crippen LogP contribution >= 0.6 is 0 Å². The van der Waals surface area contributed by atoms with E-state index < -0.39 is 0 Å². The van der Waals surface area contributed by atoms with Crippen molar-refractivity contribution in [3.63, 3.8) is 0 Å². The van der Waals surface area contributed by atoms with E-state index in [4.69, 9.17) is 14.6 Å². The average Bonchev–Trinajstić information content (AvgIpc) is 3.70. The number of carbonyl (C=O) groups excluding carboxylic acids is 1. The van der Waals surface area contributed by atoms with Gasteiger partial charge in [0.15, 0.2) is 11.5 Å². The van der Waals surface area contributed by atoms with Crippen LogP contribution in [0.5, 0.6) is 11.5 Å². The van der Waals surface area contributed by atoms with Gasteiger partial charge in [0.2, 0.25) is 0 Å². The van der Waals surface area contributed by atoms with Crippen molar-refractivity contribution < 1.29 is 14.3 Å². The van der Waals surface area contributed by atoms with Crippen LogP contribution in [0.4, 0.5) is 0 Å². The number of benzene rings is 3. The third-order valence-electron chi connectivity index (χ3n) is 7.67. The van der Waals surface area contributed by atoms with E-state index in [0.717, 1.165) is 42.1 Å². The summed E-state index contributed by atoms with van der Waals surface area (Å²) in [7, 11) is 3.23. The molecule has 10 heteroatoms. The minimum absolute atomic E-state index is 0.226. The highest BCUT2D eigenvalue weighted by atomic mass is 16.5. The molecule has 1 aliphatic rings. The Kier molecular flexibility index (Phi) is 7.13. The number of hydrogen-bond acceptors (Lipinski definition) is 7. The van der Waals surface area contributed by atoms with Gasteiger partial charge in [-0.2, -0.15) is 10.3 Å². The van der Waals surface area contributed by atoms with Crippen molar-refractivity contribution in [2.75, 3.05) is 14.2 Å². The fraction of sp³-hybridized carbons (Fsp3) is 0.300. The molecule has 6 rings (SSSR count). The zero-order valence-electron chi connectivity index (χ0n) is 22.5. The molecule has 0 radical (unpaired) electrons. The Labute approximate surface area is 231 Å². The smallest absolute Gasteiger partial charge is 0.272 e. The molecule has 0 aliphatic heterocycles. The van der Waals surface area contributed by atoms with Crippen LogP contribution in [0.15, 0.2) is 66.7 Å². The molecule has 5 aromatic rings. The molecule has 0 saturated heterocycles. The molecule has 1 saturated carbocycles. The van der Waals surface area contributed by atoms with Gasteiger partial charge in [0, 0.05) is 5.39 Å². The predicted molar refractivity (Wildman–Crippen MR) is 151 cm³/mol. The van der Waals surface area contributed by atoms with Gasteiger partial charge in [-0.15, -0.1) is 10.2 Å². The topological polar surface area (TPSA) is 120 Å². The van der Waals surface area contributed by atoms with Gasteiger partial charge in [0.05, 0.1) is 37.2 Å². The lowest BCUT2D eigenvalue weighted by molar-refractivity contribution is 0.0903. The number of aromatic amines is 1. The van der Waals surface area contributed by atoms with E-state index in [1.54, 1.807) is 25.0 Å². The molecule has 2 aromatic heterocycles. The lowest BCUT2D eigenvalue weighted by Crippen LogP contribution is -2.35. The summed E-state index contributed by atoms with van der Waals surface area (Å²) < 4.78 is 13.3. The summed E-state index contributed by atoms with van der Waals surface area (Å²) in [4.78, 5) is 13.9. The summed E-state index contributed by atoms with van der Waals surface area (Å²) in [5.41, 5.74) is 2.47. The highest BCUT2D eigenvalue weighted by molar-refractivity contribution is 5.96. The van der Waals surface area contributed by atoms with Crippen LogP contribution in [0.2, 0.25) is 0 Å². The Hall–Kier alpha value is -4.73. The summed E-state index contributed by atoms with van der Waals surface area (Å²) in [6.45, 7) is 0. The lowest BCUT2D eigenvalue weighted by atomic mass is 9.83. The van der Waals surface area contributed by atoms with Crippen molar-refractivity contribution in [2.45, 2.75) is 38.1 Å². The second-order valence-corrected chi connectivity index (χ2v) is 9.98. The second-order valence-electron chi connectivity index (χ2n) is 9.98. The van der Waals surface area contributed by atoms with Gasteiger partial charge >= 0.3 is 0 Å². The average molecular weight is 538 g/mol. The molecular formula is C30H31N7O3. The summed E-state index contributed by atoms with van der Waals surface area (Å²) in [6.07, 6.45) is 5.41. The number of aromatic nitrogens is 6. The Morgan fingerprint density at radius 2 is 1.70 bits per heavy atom. The highest BCUT2D eigenvalue weighted by Crippen LogP contribution is 2.40. The molecule has 204 valence electrons. The van der Waals surface area contributed by atoms with Crippen LogP contribution in [0.25, 0.3) is 27.7 Å². The molecule has 1 atom stereocenters. The van der Waals surface area contributed by atoms with Crippen LogP contribution < -0.4 is 14.8 Å². The Bertz CT molecular complexity index is 1600. The SMILES string of the molecule is COc1cccc(OC)c1-c1cc(C(=O)N[C@H](c2nn[nH]n2)C2CCCCC2)nn1-c1cccc2ccccc12. The number of amides is 1. The summed E-state index contributed by atoms with van der Waals surface area (Å²) in [5, 5.41) is 24.8. The van der Waals surface area contributed by atoms with Crippen LogP contribution in [0.1, 0.15) is 54.5 Å². The first-order valence-electron chi connectivity index (χ1n) is 13.5. The highest BCUT2D eigenvalue weighted by Gasteiger charge is 2.31. The molecule has 10 nitrogen and oxygen atoms in total. The zero-order chi connectivity index (χ0) is 27.5. The third-order valence-corrected chi connectivity index (χ3v) is 7.67. The van der Waals surface area contributed by atoms with Crippen molar-refractivity contribution in [3.8, 4) is 28.4 Å². The molecule has 3 aromatic carbocycles. The molecule has 40 heavy (non-hydrogen) atoms. The number of nitrogens with zero attached hydrogens (tertiary/aromatic N) is 5. The molecule has 0 bridgehead atoms. The normalized spacial score (nSPS) is 14.7. The van der Waals surface area contributed by atoms with Gasteiger partial charge in [-0.25, -0.2) is 4.68 Å². The van der Waals surface area contributed by atoms with E-state index in [9.17, 15) is 4.79 Å². The van der Waals surface area contributed by atoms with Crippen molar-refractivity contribution in [3.05, 3.63) is 78.2 Å². The van der Waals surface area contributed by atoms with Gasteiger partial charge < -0.3 is 14.8 Å².